The quantitative estimate of drug-likeness (QED) is 0.888. The summed E-state index contributed by atoms with van der Waals surface area (Å²) >= 11 is 3.50. The van der Waals surface area contributed by atoms with Crippen molar-refractivity contribution in [1.82, 2.24) is 19.9 Å². The van der Waals surface area contributed by atoms with Gasteiger partial charge in [-0.3, -0.25) is 4.79 Å². The number of hydrogen-bond acceptors (Lipinski definition) is 4. The first kappa shape index (κ1) is 13.1. The monoisotopic (exact) mass is 349 g/mol. The zero-order chi connectivity index (χ0) is 14.4. The molecule has 2 atom stereocenters. The normalized spacial score (nSPS) is 27.9. The van der Waals surface area contributed by atoms with E-state index in [0.29, 0.717) is 6.54 Å². The highest BCUT2D eigenvalue weighted by molar-refractivity contribution is 9.10. The van der Waals surface area contributed by atoms with Crippen molar-refractivity contribution in [3.8, 4) is 0 Å². The minimum Gasteiger partial charge on any atom is -0.366 e. The lowest BCUT2D eigenvalue weighted by molar-refractivity contribution is -0.122. The summed E-state index contributed by atoms with van der Waals surface area (Å²) in [5, 5.41) is 10.9. The van der Waals surface area contributed by atoms with Crippen LogP contribution in [0.4, 0.5) is 5.82 Å². The third kappa shape index (κ3) is 2.10. The fourth-order valence-corrected chi connectivity index (χ4v) is 4.02. The minimum atomic E-state index is -0.110. The molecule has 0 spiro atoms. The molecule has 0 aromatic carbocycles. The van der Waals surface area contributed by atoms with Gasteiger partial charge in [-0.2, -0.15) is 5.10 Å². The molecule has 4 rings (SSSR count). The van der Waals surface area contributed by atoms with Crippen molar-refractivity contribution < 1.29 is 4.79 Å². The molecule has 2 aliphatic rings. The molecule has 0 radical (unpaired) electrons. The topological polar surface area (TPSA) is 71.3 Å². The Morgan fingerprint density at radius 1 is 1.57 bits per heavy atom. The highest BCUT2D eigenvalue weighted by Gasteiger charge is 2.46. The van der Waals surface area contributed by atoms with E-state index in [1.54, 1.807) is 16.9 Å². The molecule has 1 aliphatic carbocycles. The Morgan fingerprint density at radius 2 is 2.48 bits per heavy atom. The van der Waals surface area contributed by atoms with Crippen LogP contribution in [-0.2, 0) is 4.79 Å². The van der Waals surface area contributed by atoms with E-state index in [9.17, 15) is 4.79 Å². The maximum absolute atomic E-state index is 11.9. The number of anilines is 1. The summed E-state index contributed by atoms with van der Waals surface area (Å²) in [4.78, 5) is 16.3. The van der Waals surface area contributed by atoms with Gasteiger partial charge >= 0.3 is 0 Å². The van der Waals surface area contributed by atoms with E-state index in [1.165, 1.54) is 0 Å². The molecule has 6 nitrogen and oxygen atoms in total. The SMILES string of the molecule is O=C1NC2(CNc3nccn4ncc(Br)c34)CCCC1C2. The smallest absolute Gasteiger partial charge is 0.223 e. The van der Waals surface area contributed by atoms with Gasteiger partial charge < -0.3 is 10.6 Å². The Morgan fingerprint density at radius 3 is 3.38 bits per heavy atom. The number of carbonyl (C=O) groups excluding carboxylic acids is 1. The second kappa shape index (κ2) is 4.69. The van der Waals surface area contributed by atoms with Crippen molar-refractivity contribution in [1.29, 1.82) is 0 Å². The number of amides is 1. The van der Waals surface area contributed by atoms with Gasteiger partial charge in [-0.25, -0.2) is 9.50 Å². The molecular formula is C14H16BrN5O. The molecule has 7 heteroatoms. The van der Waals surface area contributed by atoms with Gasteiger partial charge in [0.15, 0.2) is 5.82 Å². The Kier molecular flexibility index (Phi) is 2.92. The number of nitrogens with zero attached hydrogens (tertiary/aromatic N) is 3. The fraction of sp³-hybridized carbons (Fsp3) is 0.500. The molecule has 2 aromatic heterocycles. The second-order valence-corrected chi connectivity index (χ2v) is 6.83. The zero-order valence-electron chi connectivity index (χ0n) is 11.5. The van der Waals surface area contributed by atoms with E-state index >= 15 is 0 Å². The van der Waals surface area contributed by atoms with Gasteiger partial charge in [0.2, 0.25) is 5.91 Å². The van der Waals surface area contributed by atoms with Crippen molar-refractivity contribution >= 4 is 33.2 Å². The summed E-state index contributed by atoms with van der Waals surface area (Å²) in [7, 11) is 0. The number of rotatable bonds is 3. The molecule has 1 amide bonds. The van der Waals surface area contributed by atoms with E-state index in [2.05, 4.69) is 36.6 Å². The number of halogens is 1. The van der Waals surface area contributed by atoms with Gasteiger partial charge in [0, 0.05) is 24.9 Å². The van der Waals surface area contributed by atoms with E-state index in [0.717, 1.165) is 41.5 Å². The molecule has 2 aromatic rings. The van der Waals surface area contributed by atoms with Crippen LogP contribution in [0.3, 0.4) is 0 Å². The van der Waals surface area contributed by atoms with Crippen molar-refractivity contribution in [3.63, 3.8) is 0 Å². The minimum absolute atomic E-state index is 0.110. The van der Waals surface area contributed by atoms with Gasteiger partial charge in [-0.15, -0.1) is 0 Å². The van der Waals surface area contributed by atoms with E-state index < -0.39 is 0 Å². The molecule has 21 heavy (non-hydrogen) atoms. The second-order valence-electron chi connectivity index (χ2n) is 5.98. The average Bonchev–Trinajstić information content (AvgIpc) is 2.97. The Balaban J connectivity index is 1.59. The number of carbonyl (C=O) groups is 1. The molecule has 2 fully saturated rings. The van der Waals surface area contributed by atoms with Crippen molar-refractivity contribution in [3.05, 3.63) is 23.1 Å². The average molecular weight is 350 g/mol. The van der Waals surface area contributed by atoms with Crippen LogP contribution in [0.15, 0.2) is 23.1 Å². The van der Waals surface area contributed by atoms with Gasteiger partial charge in [-0.1, -0.05) is 6.42 Å². The standard InChI is InChI=1S/C14H16BrN5O/c15-10-7-18-20-5-4-16-12(11(10)20)17-8-14-3-1-2-9(6-14)13(21)19-14/h4-5,7,9H,1-3,6,8H2,(H,16,17)(H,19,21). The molecular weight excluding hydrogens is 334 g/mol. The van der Waals surface area contributed by atoms with Crippen LogP contribution in [0.2, 0.25) is 0 Å². The van der Waals surface area contributed by atoms with E-state index in [1.807, 2.05) is 6.20 Å². The fourth-order valence-electron chi connectivity index (χ4n) is 3.56. The van der Waals surface area contributed by atoms with Crippen molar-refractivity contribution in [2.75, 3.05) is 11.9 Å². The maximum Gasteiger partial charge on any atom is 0.223 e. The molecule has 1 aliphatic heterocycles. The molecule has 110 valence electrons. The Bertz CT molecular complexity index is 714. The summed E-state index contributed by atoms with van der Waals surface area (Å²) in [6.07, 6.45) is 9.40. The lowest BCUT2D eigenvalue weighted by Gasteiger charge is -2.32. The molecule has 2 bridgehead atoms. The van der Waals surface area contributed by atoms with Gasteiger partial charge in [0.25, 0.3) is 0 Å². The maximum atomic E-state index is 11.9. The summed E-state index contributed by atoms with van der Waals surface area (Å²) in [5.74, 6) is 1.21. The van der Waals surface area contributed by atoms with Crippen LogP contribution in [-0.4, -0.2) is 32.6 Å². The first-order valence-corrected chi connectivity index (χ1v) is 8.00. The largest absolute Gasteiger partial charge is 0.366 e. The van der Waals surface area contributed by atoms with Gasteiger partial charge in [0.05, 0.1) is 16.2 Å². The first-order valence-electron chi connectivity index (χ1n) is 7.21. The van der Waals surface area contributed by atoms with Crippen molar-refractivity contribution in [2.45, 2.75) is 31.2 Å². The molecule has 3 heterocycles. The summed E-state index contributed by atoms with van der Waals surface area (Å²) < 4.78 is 2.70. The lowest BCUT2D eigenvalue weighted by Crippen LogP contribution is -2.47. The van der Waals surface area contributed by atoms with Gasteiger partial charge in [-0.05, 0) is 35.2 Å². The lowest BCUT2D eigenvalue weighted by atomic mass is 9.80. The molecule has 2 N–H and O–H groups in total. The van der Waals surface area contributed by atoms with Crippen molar-refractivity contribution in [2.24, 2.45) is 5.92 Å². The Labute approximate surface area is 130 Å². The zero-order valence-corrected chi connectivity index (χ0v) is 13.1. The number of aromatic nitrogens is 3. The Hall–Kier alpha value is -1.63. The highest BCUT2D eigenvalue weighted by atomic mass is 79.9. The third-order valence-corrected chi connectivity index (χ3v) is 5.17. The van der Waals surface area contributed by atoms with Crippen LogP contribution >= 0.6 is 15.9 Å². The van der Waals surface area contributed by atoms with Crippen LogP contribution < -0.4 is 10.6 Å². The predicted octanol–water partition coefficient (Wildman–Crippen LogP) is 1.96. The van der Waals surface area contributed by atoms with Gasteiger partial charge in [0.1, 0.15) is 5.52 Å². The number of nitrogens with one attached hydrogen (secondary N) is 2. The molecule has 1 saturated heterocycles. The summed E-state index contributed by atoms with van der Waals surface area (Å²) in [6, 6.07) is 0. The predicted molar refractivity (Wildman–Crippen MR) is 82.0 cm³/mol. The first-order chi connectivity index (χ1) is 10.2. The van der Waals surface area contributed by atoms with E-state index in [4.69, 9.17) is 0 Å². The molecule has 2 unspecified atom stereocenters. The van der Waals surface area contributed by atoms with E-state index in [-0.39, 0.29) is 17.4 Å². The number of fused-ring (bicyclic) bond motifs is 3. The third-order valence-electron chi connectivity index (χ3n) is 4.59. The summed E-state index contributed by atoms with van der Waals surface area (Å²) in [6.45, 7) is 0.708. The highest BCUT2D eigenvalue weighted by Crippen LogP contribution is 2.38. The van der Waals surface area contributed by atoms with Crippen LogP contribution in [0, 0.1) is 5.92 Å². The van der Waals surface area contributed by atoms with Crippen LogP contribution in [0.1, 0.15) is 25.7 Å². The van der Waals surface area contributed by atoms with Crippen LogP contribution in [0.25, 0.3) is 5.52 Å². The summed E-state index contributed by atoms with van der Waals surface area (Å²) in [5.41, 5.74) is 0.812. The molecule has 1 saturated carbocycles. The number of hydrogen-bond donors (Lipinski definition) is 2. The van der Waals surface area contributed by atoms with Crippen LogP contribution in [0.5, 0.6) is 0 Å².